The lowest BCUT2D eigenvalue weighted by Gasteiger charge is -2.28. The molecule has 3 rings (SSSR count). The van der Waals surface area contributed by atoms with Crippen LogP contribution in [0, 0.1) is 0 Å². The van der Waals surface area contributed by atoms with Gasteiger partial charge in [-0.2, -0.15) is 0 Å². The fourth-order valence-corrected chi connectivity index (χ4v) is 2.84. The Balaban J connectivity index is 1.92. The second kappa shape index (κ2) is 4.82. The number of halogens is 2. The van der Waals surface area contributed by atoms with Gasteiger partial charge in [-0.05, 0) is 24.3 Å². The molecule has 4 heteroatoms. The van der Waals surface area contributed by atoms with Crippen molar-refractivity contribution in [2.75, 3.05) is 11.9 Å². The number of hydrogen-bond donors (Lipinski definition) is 1. The average Bonchev–Trinajstić information content (AvgIpc) is 2.38. The van der Waals surface area contributed by atoms with Gasteiger partial charge in [0.1, 0.15) is 11.9 Å². The number of para-hydroxylation sites is 2. The molecule has 1 heterocycles. The zero-order valence-electron chi connectivity index (χ0n) is 9.49. The molecule has 0 saturated heterocycles. The Morgan fingerprint density at radius 1 is 1.22 bits per heavy atom. The van der Waals surface area contributed by atoms with Crippen LogP contribution in [0.4, 0.5) is 5.69 Å². The smallest absolute Gasteiger partial charge is 0.143 e. The van der Waals surface area contributed by atoms with Crippen LogP contribution in [0.25, 0.3) is 0 Å². The fourth-order valence-electron chi connectivity index (χ4n) is 2.05. The number of rotatable bonds is 1. The molecule has 1 N–H and O–H groups in total. The molecule has 2 nitrogen and oxygen atoms in total. The maximum absolute atomic E-state index is 6.25. The minimum atomic E-state index is -0.0551. The van der Waals surface area contributed by atoms with Gasteiger partial charge in [-0.15, -0.1) is 0 Å². The standard InChI is InChI=1S/C14H11BrClNO/c15-9-5-6-10(11(16)7-9)14-8-17-12-3-1-2-4-13(12)18-14/h1-7,14,17H,8H2. The van der Waals surface area contributed by atoms with Crippen molar-refractivity contribution in [1.29, 1.82) is 0 Å². The number of anilines is 1. The van der Waals surface area contributed by atoms with E-state index in [9.17, 15) is 0 Å². The molecule has 0 radical (unpaired) electrons. The normalized spacial score (nSPS) is 17.6. The molecule has 0 saturated carbocycles. The Kier molecular flexibility index (Phi) is 3.18. The van der Waals surface area contributed by atoms with Crippen molar-refractivity contribution in [3.8, 4) is 5.75 Å². The van der Waals surface area contributed by atoms with Gasteiger partial charge in [0.2, 0.25) is 0 Å². The zero-order chi connectivity index (χ0) is 12.5. The molecule has 0 aliphatic carbocycles. The van der Waals surface area contributed by atoms with Gasteiger partial charge < -0.3 is 10.1 Å². The highest BCUT2D eigenvalue weighted by molar-refractivity contribution is 9.10. The zero-order valence-corrected chi connectivity index (χ0v) is 11.8. The molecule has 1 aliphatic rings. The van der Waals surface area contributed by atoms with Gasteiger partial charge in [-0.1, -0.05) is 45.7 Å². The number of ether oxygens (including phenoxy) is 1. The molecule has 18 heavy (non-hydrogen) atoms. The largest absolute Gasteiger partial charge is 0.482 e. The van der Waals surface area contributed by atoms with Gasteiger partial charge in [0, 0.05) is 15.1 Å². The first-order chi connectivity index (χ1) is 8.74. The topological polar surface area (TPSA) is 21.3 Å². The van der Waals surface area contributed by atoms with Gasteiger partial charge >= 0.3 is 0 Å². The first kappa shape index (κ1) is 11.9. The van der Waals surface area contributed by atoms with Crippen molar-refractivity contribution >= 4 is 33.2 Å². The van der Waals surface area contributed by atoms with Crippen LogP contribution in [0.15, 0.2) is 46.9 Å². The maximum atomic E-state index is 6.25. The van der Waals surface area contributed by atoms with Crippen LogP contribution in [-0.4, -0.2) is 6.54 Å². The summed E-state index contributed by atoms with van der Waals surface area (Å²) in [5.74, 6) is 0.868. The Bertz CT molecular complexity index is 588. The molecule has 1 unspecified atom stereocenters. The maximum Gasteiger partial charge on any atom is 0.143 e. The molecular weight excluding hydrogens is 314 g/mol. The average molecular weight is 325 g/mol. The summed E-state index contributed by atoms with van der Waals surface area (Å²) < 4.78 is 6.95. The van der Waals surface area contributed by atoms with Gasteiger partial charge in [0.15, 0.2) is 0 Å². The summed E-state index contributed by atoms with van der Waals surface area (Å²) in [4.78, 5) is 0. The molecule has 0 fully saturated rings. The van der Waals surface area contributed by atoms with Crippen molar-refractivity contribution in [3.63, 3.8) is 0 Å². The number of nitrogens with one attached hydrogen (secondary N) is 1. The number of benzene rings is 2. The first-order valence-corrected chi connectivity index (χ1v) is 6.85. The van der Waals surface area contributed by atoms with E-state index in [1.165, 1.54) is 0 Å². The second-order valence-electron chi connectivity index (χ2n) is 4.15. The van der Waals surface area contributed by atoms with E-state index in [0.29, 0.717) is 0 Å². The van der Waals surface area contributed by atoms with E-state index in [0.717, 1.165) is 33.0 Å². The third-order valence-corrected chi connectivity index (χ3v) is 3.76. The molecular formula is C14H11BrClNO. The molecule has 2 aromatic carbocycles. The van der Waals surface area contributed by atoms with Crippen LogP contribution in [0.1, 0.15) is 11.7 Å². The lowest BCUT2D eigenvalue weighted by molar-refractivity contribution is 0.210. The third kappa shape index (κ3) is 2.20. The molecule has 0 aromatic heterocycles. The summed E-state index contributed by atoms with van der Waals surface area (Å²) in [5, 5.41) is 4.08. The highest BCUT2D eigenvalue weighted by Crippen LogP contribution is 2.36. The van der Waals surface area contributed by atoms with Crippen molar-refractivity contribution in [2.24, 2.45) is 0 Å². The molecule has 0 bridgehead atoms. The summed E-state index contributed by atoms with van der Waals surface area (Å²) in [6, 6.07) is 13.8. The summed E-state index contributed by atoms with van der Waals surface area (Å²) in [6.45, 7) is 0.721. The minimum Gasteiger partial charge on any atom is -0.482 e. The van der Waals surface area contributed by atoms with Crippen LogP contribution in [0.5, 0.6) is 5.75 Å². The minimum absolute atomic E-state index is 0.0551. The lowest BCUT2D eigenvalue weighted by atomic mass is 10.1. The second-order valence-corrected chi connectivity index (χ2v) is 5.47. The van der Waals surface area contributed by atoms with Crippen molar-refractivity contribution in [2.45, 2.75) is 6.10 Å². The summed E-state index contributed by atoms with van der Waals surface area (Å²) in [5.41, 5.74) is 2.03. The van der Waals surface area contributed by atoms with E-state index in [4.69, 9.17) is 16.3 Å². The van der Waals surface area contributed by atoms with E-state index < -0.39 is 0 Å². The number of fused-ring (bicyclic) bond motifs is 1. The molecule has 92 valence electrons. The van der Waals surface area contributed by atoms with Crippen molar-refractivity contribution < 1.29 is 4.74 Å². The highest BCUT2D eigenvalue weighted by Gasteiger charge is 2.22. The molecule has 1 aliphatic heterocycles. The summed E-state index contributed by atoms with van der Waals surface area (Å²) >= 11 is 9.66. The molecule has 0 spiro atoms. The van der Waals surface area contributed by atoms with Crippen LogP contribution >= 0.6 is 27.5 Å². The fraction of sp³-hybridized carbons (Fsp3) is 0.143. The van der Waals surface area contributed by atoms with Crippen LogP contribution in [0.3, 0.4) is 0 Å². The Labute approximate surface area is 119 Å². The van der Waals surface area contributed by atoms with Crippen molar-refractivity contribution in [3.05, 3.63) is 57.5 Å². The van der Waals surface area contributed by atoms with Gasteiger partial charge in [-0.3, -0.25) is 0 Å². The van der Waals surface area contributed by atoms with E-state index in [1.54, 1.807) is 0 Å². The first-order valence-electron chi connectivity index (χ1n) is 5.68. The predicted molar refractivity (Wildman–Crippen MR) is 77.5 cm³/mol. The van der Waals surface area contributed by atoms with Gasteiger partial charge in [-0.25, -0.2) is 0 Å². The predicted octanol–water partition coefficient (Wildman–Crippen LogP) is 4.65. The van der Waals surface area contributed by atoms with E-state index in [2.05, 4.69) is 21.2 Å². The highest BCUT2D eigenvalue weighted by atomic mass is 79.9. The Hall–Kier alpha value is -1.19. The van der Waals surface area contributed by atoms with E-state index in [-0.39, 0.29) is 6.10 Å². The lowest BCUT2D eigenvalue weighted by Crippen LogP contribution is -2.23. The monoisotopic (exact) mass is 323 g/mol. The summed E-state index contributed by atoms with van der Waals surface area (Å²) in [7, 11) is 0. The SMILES string of the molecule is Clc1cc(Br)ccc1C1CNc2ccccc2O1. The summed E-state index contributed by atoms with van der Waals surface area (Å²) in [6.07, 6.45) is -0.0551. The van der Waals surface area contributed by atoms with Gasteiger partial charge in [0.25, 0.3) is 0 Å². The molecule has 1 atom stereocenters. The quantitative estimate of drug-likeness (QED) is 0.824. The Morgan fingerprint density at radius 2 is 2.06 bits per heavy atom. The van der Waals surface area contributed by atoms with Gasteiger partial charge in [0.05, 0.1) is 12.2 Å². The Morgan fingerprint density at radius 3 is 2.89 bits per heavy atom. The van der Waals surface area contributed by atoms with E-state index >= 15 is 0 Å². The van der Waals surface area contributed by atoms with E-state index in [1.807, 2.05) is 42.5 Å². The van der Waals surface area contributed by atoms with Crippen LogP contribution in [-0.2, 0) is 0 Å². The van der Waals surface area contributed by atoms with Crippen LogP contribution in [0.2, 0.25) is 5.02 Å². The van der Waals surface area contributed by atoms with Crippen molar-refractivity contribution in [1.82, 2.24) is 0 Å². The molecule has 2 aromatic rings. The van der Waals surface area contributed by atoms with Crippen LogP contribution < -0.4 is 10.1 Å². The molecule has 0 amide bonds. The number of hydrogen-bond acceptors (Lipinski definition) is 2. The third-order valence-electron chi connectivity index (χ3n) is 2.94.